The van der Waals surface area contributed by atoms with Crippen LogP contribution < -0.4 is 5.32 Å². The van der Waals surface area contributed by atoms with Crippen LogP contribution in [-0.4, -0.2) is 54.4 Å². The van der Waals surface area contributed by atoms with Gasteiger partial charge in [0.2, 0.25) is 0 Å². The Morgan fingerprint density at radius 3 is 2.35 bits per heavy atom. The Labute approximate surface area is 98.8 Å². The standard InChI is InChI=1S/C10H19F3N2O2/c1-3-5-15(7-10(11,12)13)6-8(9(16)17)14-4-2/h8,14H,3-7H2,1-2H3,(H,16,17). The van der Waals surface area contributed by atoms with Crippen molar-refractivity contribution in [2.45, 2.75) is 32.5 Å². The van der Waals surface area contributed by atoms with E-state index in [4.69, 9.17) is 5.11 Å². The zero-order valence-corrected chi connectivity index (χ0v) is 10.0. The Morgan fingerprint density at radius 1 is 1.41 bits per heavy atom. The molecule has 0 heterocycles. The molecule has 0 amide bonds. The number of alkyl halides is 3. The molecule has 0 fully saturated rings. The molecule has 7 heteroatoms. The van der Waals surface area contributed by atoms with E-state index < -0.39 is 24.7 Å². The van der Waals surface area contributed by atoms with Crippen molar-refractivity contribution in [3.05, 3.63) is 0 Å². The fourth-order valence-corrected chi connectivity index (χ4v) is 1.54. The minimum atomic E-state index is -4.30. The van der Waals surface area contributed by atoms with Crippen molar-refractivity contribution in [3.8, 4) is 0 Å². The first-order chi connectivity index (χ1) is 7.80. The highest BCUT2D eigenvalue weighted by molar-refractivity contribution is 5.73. The number of halogens is 3. The summed E-state index contributed by atoms with van der Waals surface area (Å²) in [4.78, 5) is 11.9. The molecular formula is C10H19F3N2O2. The van der Waals surface area contributed by atoms with E-state index in [-0.39, 0.29) is 13.1 Å². The van der Waals surface area contributed by atoms with Gasteiger partial charge in [0.15, 0.2) is 0 Å². The van der Waals surface area contributed by atoms with E-state index in [1.807, 2.05) is 0 Å². The number of nitrogens with one attached hydrogen (secondary N) is 1. The average molecular weight is 256 g/mol. The monoisotopic (exact) mass is 256 g/mol. The lowest BCUT2D eigenvalue weighted by Crippen LogP contribution is -2.48. The number of nitrogens with zero attached hydrogens (tertiary/aromatic N) is 1. The molecular weight excluding hydrogens is 237 g/mol. The Hall–Kier alpha value is -0.820. The maximum absolute atomic E-state index is 12.3. The molecule has 0 saturated heterocycles. The summed E-state index contributed by atoms with van der Waals surface area (Å²) in [5.41, 5.74) is 0. The summed E-state index contributed by atoms with van der Waals surface area (Å²) in [6, 6.07) is -0.964. The van der Waals surface area contributed by atoms with E-state index in [1.165, 1.54) is 0 Å². The average Bonchev–Trinajstić information content (AvgIpc) is 2.14. The minimum absolute atomic E-state index is 0.142. The Morgan fingerprint density at radius 2 is 2.00 bits per heavy atom. The molecule has 102 valence electrons. The number of hydrogen-bond acceptors (Lipinski definition) is 3. The Kier molecular flexibility index (Phi) is 7.13. The topological polar surface area (TPSA) is 52.6 Å². The van der Waals surface area contributed by atoms with Gasteiger partial charge >= 0.3 is 12.1 Å². The lowest BCUT2D eigenvalue weighted by molar-refractivity contribution is -0.151. The third-order valence-corrected chi connectivity index (χ3v) is 2.13. The van der Waals surface area contributed by atoms with Gasteiger partial charge in [0.05, 0.1) is 6.54 Å². The predicted octanol–water partition coefficient (Wildman–Crippen LogP) is 1.32. The largest absolute Gasteiger partial charge is 0.480 e. The van der Waals surface area contributed by atoms with Gasteiger partial charge in [-0.1, -0.05) is 13.8 Å². The molecule has 0 rings (SSSR count). The Balaban J connectivity index is 4.43. The van der Waals surface area contributed by atoms with Crippen molar-refractivity contribution in [3.63, 3.8) is 0 Å². The van der Waals surface area contributed by atoms with E-state index in [2.05, 4.69) is 5.32 Å². The lowest BCUT2D eigenvalue weighted by atomic mass is 10.2. The molecule has 0 aliphatic rings. The van der Waals surface area contributed by atoms with Crippen molar-refractivity contribution in [1.29, 1.82) is 0 Å². The summed E-state index contributed by atoms with van der Waals surface area (Å²) in [7, 11) is 0. The summed E-state index contributed by atoms with van der Waals surface area (Å²) < 4.78 is 36.8. The van der Waals surface area contributed by atoms with Crippen LogP contribution in [0.5, 0.6) is 0 Å². The van der Waals surface area contributed by atoms with Crippen molar-refractivity contribution in [2.75, 3.05) is 26.2 Å². The van der Waals surface area contributed by atoms with Crippen LogP contribution in [0.15, 0.2) is 0 Å². The van der Waals surface area contributed by atoms with Crippen LogP contribution in [0.25, 0.3) is 0 Å². The summed E-state index contributed by atoms with van der Waals surface area (Å²) in [6.45, 7) is 2.89. The van der Waals surface area contributed by atoms with Gasteiger partial charge in [-0.15, -0.1) is 0 Å². The van der Waals surface area contributed by atoms with Gasteiger partial charge in [-0.05, 0) is 19.5 Å². The van der Waals surface area contributed by atoms with Gasteiger partial charge < -0.3 is 10.4 Å². The molecule has 0 aromatic heterocycles. The Bertz CT molecular complexity index is 234. The van der Waals surface area contributed by atoms with Crippen LogP contribution in [-0.2, 0) is 4.79 Å². The quantitative estimate of drug-likeness (QED) is 0.688. The first-order valence-electron chi connectivity index (χ1n) is 5.55. The van der Waals surface area contributed by atoms with E-state index in [0.29, 0.717) is 13.0 Å². The first kappa shape index (κ1) is 16.2. The van der Waals surface area contributed by atoms with Crippen molar-refractivity contribution in [1.82, 2.24) is 10.2 Å². The fourth-order valence-electron chi connectivity index (χ4n) is 1.54. The van der Waals surface area contributed by atoms with E-state index in [1.54, 1.807) is 13.8 Å². The smallest absolute Gasteiger partial charge is 0.401 e. The van der Waals surface area contributed by atoms with Gasteiger partial charge in [0.25, 0.3) is 0 Å². The summed E-state index contributed by atoms with van der Waals surface area (Å²) >= 11 is 0. The fraction of sp³-hybridized carbons (Fsp3) is 0.900. The third kappa shape index (κ3) is 7.98. The second kappa shape index (κ2) is 7.50. The molecule has 1 unspecified atom stereocenters. The number of aliphatic carboxylic acids is 1. The van der Waals surface area contributed by atoms with E-state index >= 15 is 0 Å². The van der Waals surface area contributed by atoms with Gasteiger partial charge in [0.1, 0.15) is 6.04 Å². The van der Waals surface area contributed by atoms with E-state index in [0.717, 1.165) is 4.90 Å². The first-order valence-corrected chi connectivity index (χ1v) is 5.55. The van der Waals surface area contributed by atoms with Crippen molar-refractivity contribution >= 4 is 5.97 Å². The zero-order chi connectivity index (χ0) is 13.5. The molecule has 0 bridgehead atoms. The second-order valence-corrected chi connectivity index (χ2v) is 3.80. The van der Waals surface area contributed by atoms with Crippen molar-refractivity contribution < 1.29 is 23.1 Å². The molecule has 0 aliphatic heterocycles. The van der Waals surface area contributed by atoms with Crippen LogP contribution >= 0.6 is 0 Å². The second-order valence-electron chi connectivity index (χ2n) is 3.80. The molecule has 2 N–H and O–H groups in total. The van der Waals surface area contributed by atoms with Crippen LogP contribution in [0.2, 0.25) is 0 Å². The number of carbonyl (C=O) groups is 1. The van der Waals surface area contributed by atoms with E-state index in [9.17, 15) is 18.0 Å². The molecule has 1 atom stereocenters. The number of carboxylic acid groups (broad SMARTS) is 1. The normalized spacial score (nSPS) is 14.0. The molecule has 0 radical (unpaired) electrons. The SMILES string of the molecule is CCCN(CC(NCC)C(=O)O)CC(F)(F)F. The minimum Gasteiger partial charge on any atom is -0.480 e. The zero-order valence-electron chi connectivity index (χ0n) is 10.0. The van der Waals surface area contributed by atoms with Crippen molar-refractivity contribution in [2.24, 2.45) is 0 Å². The molecule has 0 saturated carbocycles. The highest BCUT2D eigenvalue weighted by atomic mass is 19.4. The predicted molar refractivity (Wildman–Crippen MR) is 57.9 cm³/mol. The number of likely N-dealkylation sites (N-methyl/N-ethyl adjacent to an activating group) is 1. The molecule has 4 nitrogen and oxygen atoms in total. The molecule has 0 aromatic rings. The van der Waals surface area contributed by atoms with Gasteiger partial charge in [-0.2, -0.15) is 13.2 Å². The molecule has 0 aromatic carbocycles. The van der Waals surface area contributed by atoms with Gasteiger partial charge in [-0.25, -0.2) is 0 Å². The van der Waals surface area contributed by atoms with Crippen LogP contribution in [0.4, 0.5) is 13.2 Å². The molecule has 0 aliphatic carbocycles. The van der Waals surface area contributed by atoms with Gasteiger partial charge in [0, 0.05) is 6.54 Å². The highest BCUT2D eigenvalue weighted by Gasteiger charge is 2.32. The third-order valence-electron chi connectivity index (χ3n) is 2.13. The number of rotatable bonds is 8. The molecule has 17 heavy (non-hydrogen) atoms. The summed E-state index contributed by atoms with van der Waals surface area (Å²) in [5, 5.41) is 11.5. The van der Waals surface area contributed by atoms with Crippen LogP contribution in [0, 0.1) is 0 Å². The van der Waals surface area contributed by atoms with Crippen LogP contribution in [0.3, 0.4) is 0 Å². The maximum atomic E-state index is 12.3. The summed E-state index contributed by atoms with van der Waals surface area (Å²) in [5.74, 6) is -1.13. The highest BCUT2D eigenvalue weighted by Crippen LogP contribution is 2.16. The van der Waals surface area contributed by atoms with Crippen LogP contribution in [0.1, 0.15) is 20.3 Å². The number of carboxylic acids is 1. The van der Waals surface area contributed by atoms with Gasteiger partial charge in [-0.3, -0.25) is 9.69 Å². The lowest BCUT2D eigenvalue weighted by Gasteiger charge is -2.26. The maximum Gasteiger partial charge on any atom is 0.401 e. The molecule has 0 spiro atoms. The number of hydrogen-bond donors (Lipinski definition) is 2. The summed E-state index contributed by atoms with van der Waals surface area (Å²) in [6.07, 6.45) is -3.75.